The zero-order chi connectivity index (χ0) is 18.5. The first kappa shape index (κ1) is 17.6. The van der Waals surface area contributed by atoms with E-state index in [2.05, 4.69) is 42.2 Å². The number of hydrogen-bond donors (Lipinski definition) is 1. The highest BCUT2D eigenvalue weighted by Crippen LogP contribution is 2.45. The van der Waals surface area contributed by atoms with Crippen LogP contribution in [0.1, 0.15) is 38.8 Å². The molecular formula is C19H21ClN4OS. The molecule has 0 radical (unpaired) electrons. The van der Waals surface area contributed by atoms with Crippen LogP contribution in [0.4, 0.5) is 5.95 Å². The van der Waals surface area contributed by atoms with Crippen LogP contribution in [-0.4, -0.2) is 26.3 Å². The smallest absolute Gasteiger partial charge is 0.227 e. The number of fused-ring (bicyclic) bond motifs is 2. The number of rotatable bonds is 3. The highest BCUT2D eigenvalue weighted by atomic mass is 35.5. The third-order valence-corrected chi connectivity index (χ3v) is 5.76. The summed E-state index contributed by atoms with van der Waals surface area (Å²) in [5.74, 6) is 1.53. The second-order valence-electron chi connectivity index (χ2n) is 7.43. The van der Waals surface area contributed by atoms with E-state index in [9.17, 15) is 4.79 Å². The van der Waals surface area contributed by atoms with Crippen molar-refractivity contribution in [1.29, 1.82) is 0 Å². The van der Waals surface area contributed by atoms with E-state index in [0.717, 1.165) is 22.2 Å². The summed E-state index contributed by atoms with van der Waals surface area (Å²) in [6, 6.07) is 7.45. The number of aromatic nitrogens is 3. The zero-order valence-corrected chi connectivity index (χ0v) is 16.6. The molecule has 1 N–H and O–H groups in total. The quantitative estimate of drug-likeness (QED) is 0.781. The van der Waals surface area contributed by atoms with Crippen LogP contribution in [0.3, 0.4) is 0 Å². The number of Topliss-reactive ketones (excluding diaryl/α,β-unsaturated/α-hetero) is 1. The van der Waals surface area contributed by atoms with Gasteiger partial charge in [-0.3, -0.25) is 4.79 Å². The molecule has 1 aromatic heterocycles. The fourth-order valence-corrected chi connectivity index (χ4v) is 4.47. The molecule has 5 nitrogen and oxygen atoms in total. The van der Waals surface area contributed by atoms with Crippen LogP contribution in [0.2, 0.25) is 5.02 Å². The predicted octanol–water partition coefficient (Wildman–Crippen LogP) is 4.56. The third kappa shape index (κ3) is 3.05. The summed E-state index contributed by atoms with van der Waals surface area (Å²) in [4.78, 5) is 17.7. The number of anilines is 1. The molecule has 2 aliphatic rings. The van der Waals surface area contributed by atoms with E-state index < -0.39 is 0 Å². The lowest BCUT2D eigenvalue weighted by Gasteiger charge is -2.40. The standard InChI is InChI=1S/C19H21ClN4OS/c1-4-26-18-22-17-21-13-9-19(2,3)10-14(25)15(13)16(24(17)23-18)11-5-7-12(20)8-6-11/h5-9,15-16H,4,10H2,1-3H3,(H,21,22,23)/t15-,16-/m0/s1. The molecule has 1 aromatic carbocycles. The van der Waals surface area contributed by atoms with Crippen molar-refractivity contribution in [2.75, 3.05) is 11.1 Å². The monoisotopic (exact) mass is 388 g/mol. The number of ketones is 1. The maximum absolute atomic E-state index is 13.1. The zero-order valence-electron chi connectivity index (χ0n) is 15.0. The van der Waals surface area contributed by atoms with E-state index >= 15 is 0 Å². The summed E-state index contributed by atoms with van der Waals surface area (Å²) in [5.41, 5.74) is 1.78. The van der Waals surface area contributed by atoms with Gasteiger partial charge in [0.2, 0.25) is 11.1 Å². The Kier molecular flexibility index (Phi) is 4.35. The Morgan fingerprint density at radius 2 is 2.08 bits per heavy atom. The van der Waals surface area contributed by atoms with E-state index in [0.29, 0.717) is 17.4 Å². The lowest BCUT2D eigenvalue weighted by Crippen LogP contribution is -2.42. The predicted molar refractivity (Wildman–Crippen MR) is 105 cm³/mol. The third-order valence-electron chi connectivity index (χ3n) is 4.79. The van der Waals surface area contributed by atoms with Crippen LogP contribution in [0.15, 0.2) is 41.2 Å². The van der Waals surface area contributed by atoms with Crippen LogP contribution in [0.5, 0.6) is 0 Å². The van der Waals surface area contributed by atoms with Gasteiger partial charge in [-0.2, -0.15) is 4.98 Å². The first-order valence-electron chi connectivity index (χ1n) is 8.75. The average Bonchev–Trinajstić information content (AvgIpc) is 2.95. The molecule has 0 unspecified atom stereocenters. The van der Waals surface area contributed by atoms with E-state index in [-0.39, 0.29) is 23.2 Å². The lowest BCUT2D eigenvalue weighted by atomic mass is 9.72. The van der Waals surface area contributed by atoms with E-state index in [1.807, 2.05) is 28.9 Å². The van der Waals surface area contributed by atoms with Crippen LogP contribution in [0, 0.1) is 11.3 Å². The number of nitrogens with one attached hydrogen (secondary N) is 1. The lowest BCUT2D eigenvalue weighted by molar-refractivity contribution is -0.125. The van der Waals surface area contributed by atoms with Gasteiger partial charge in [0.05, 0.1) is 12.0 Å². The molecule has 2 aromatic rings. The second-order valence-corrected chi connectivity index (χ2v) is 9.09. The summed E-state index contributed by atoms with van der Waals surface area (Å²) in [5, 5.41) is 9.44. The molecule has 0 spiro atoms. The van der Waals surface area contributed by atoms with Gasteiger partial charge >= 0.3 is 0 Å². The fraction of sp³-hybridized carbons (Fsp3) is 0.421. The van der Waals surface area contributed by atoms with Crippen LogP contribution >= 0.6 is 23.4 Å². The Morgan fingerprint density at radius 3 is 2.77 bits per heavy atom. The normalized spacial score (nSPS) is 23.7. The molecule has 26 heavy (non-hydrogen) atoms. The number of carbonyl (C=O) groups excluding carboxylic acids is 1. The van der Waals surface area contributed by atoms with Crippen molar-refractivity contribution in [1.82, 2.24) is 14.8 Å². The largest absolute Gasteiger partial charge is 0.328 e. The Balaban J connectivity index is 1.88. The van der Waals surface area contributed by atoms with Gasteiger partial charge in [-0.15, -0.1) is 5.10 Å². The van der Waals surface area contributed by atoms with Gasteiger partial charge in [-0.05, 0) is 28.9 Å². The van der Waals surface area contributed by atoms with Gasteiger partial charge in [0.15, 0.2) is 0 Å². The SMILES string of the molecule is CCSc1nc2n(n1)[C@@H](c1ccc(Cl)cc1)[C@@H]1C(=O)CC(C)(C)C=C1N2. The van der Waals surface area contributed by atoms with Gasteiger partial charge in [0.1, 0.15) is 5.78 Å². The minimum Gasteiger partial charge on any atom is -0.328 e. The second kappa shape index (κ2) is 6.43. The molecule has 136 valence electrons. The van der Waals surface area contributed by atoms with Gasteiger partial charge in [-0.25, -0.2) is 4.68 Å². The van der Waals surface area contributed by atoms with Gasteiger partial charge in [0.25, 0.3) is 0 Å². The molecule has 7 heteroatoms. The minimum absolute atomic E-state index is 0.163. The highest BCUT2D eigenvalue weighted by Gasteiger charge is 2.45. The maximum Gasteiger partial charge on any atom is 0.227 e. The van der Waals surface area contributed by atoms with Crippen molar-refractivity contribution < 1.29 is 4.79 Å². The van der Waals surface area contributed by atoms with Gasteiger partial charge < -0.3 is 5.32 Å². The first-order valence-corrected chi connectivity index (χ1v) is 10.1. The van der Waals surface area contributed by atoms with Crippen molar-refractivity contribution in [3.05, 3.63) is 46.6 Å². The number of thioether (sulfide) groups is 1. The van der Waals surface area contributed by atoms with E-state index in [4.69, 9.17) is 11.6 Å². The van der Waals surface area contributed by atoms with Crippen molar-refractivity contribution in [2.45, 2.75) is 38.4 Å². The summed E-state index contributed by atoms with van der Waals surface area (Å²) < 4.78 is 1.86. The summed E-state index contributed by atoms with van der Waals surface area (Å²) >= 11 is 7.66. The average molecular weight is 389 g/mol. The number of hydrogen-bond acceptors (Lipinski definition) is 5. The molecule has 1 aliphatic carbocycles. The molecule has 4 rings (SSSR count). The Morgan fingerprint density at radius 1 is 1.35 bits per heavy atom. The van der Waals surface area contributed by atoms with E-state index in [1.165, 1.54) is 0 Å². The molecule has 0 bridgehead atoms. The van der Waals surface area contributed by atoms with Crippen LogP contribution in [0.25, 0.3) is 0 Å². The topological polar surface area (TPSA) is 59.8 Å². The Labute approximate surface area is 162 Å². The molecule has 0 amide bonds. The number of carbonyl (C=O) groups is 1. The van der Waals surface area contributed by atoms with E-state index in [1.54, 1.807) is 11.8 Å². The number of benzene rings is 1. The Bertz CT molecular complexity index is 887. The molecule has 2 atom stereocenters. The number of allylic oxidation sites excluding steroid dienone is 2. The van der Waals surface area contributed by atoms with Gasteiger partial charge in [0, 0.05) is 17.1 Å². The van der Waals surface area contributed by atoms with Gasteiger partial charge in [-0.1, -0.05) is 62.3 Å². The molecule has 2 heterocycles. The molecule has 0 saturated carbocycles. The fourth-order valence-electron chi connectivity index (χ4n) is 3.79. The van der Waals surface area contributed by atoms with Crippen molar-refractivity contribution in [3.63, 3.8) is 0 Å². The number of halogens is 1. The summed E-state index contributed by atoms with van der Waals surface area (Å²) in [6.45, 7) is 6.25. The van der Waals surface area contributed by atoms with Crippen molar-refractivity contribution in [2.24, 2.45) is 11.3 Å². The highest BCUT2D eigenvalue weighted by molar-refractivity contribution is 7.99. The summed E-state index contributed by atoms with van der Waals surface area (Å²) in [7, 11) is 0. The summed E-state index contributed by atoms with van der Waals surface area (Å²) in [6.07, 6.45) is 2.69. The van der Waals surface area contributed by atoms with Crippen molar-refractivity contribution in [3.8, 4) is 0 Å². The molecule has 0 fully saturated rings. The van der Waals surface area contributed by atoms with Crippen LogP contribution in [-0.2, 0) is 4.79 Å². The Hall–Kier alpha value is -1.79. The van der Waals surface area contributed by atoms with Crippen LogP contribution < -0.4 is 5.32 Å². The first-order chi connectivity index (χ1) is 12.4. The molecular weight excluding hydrogens is 368 g/mol. The maximum atomic E-state index is 13.1. The number of nitrogens with zero attached hydrogens (tertiary/aromatic N) is 3. The van der Waals surface area contributed by atoms with Crippen molar-refractivity contribution >= 4 is 35.1 Å². The minimum atomic E-state index is -0.280. The molecule has 0 saturated heterocycles. The molecule has 1 aliphatic heterocycles.